The molecular formula is C13H16O3. The number of rotatable bonds is 4. The van der Waals surface area contributed by atoms with Crippen molar-refractivity contribution in [1.29, 1.82) is 0 Å². The Kier molecular flexibility index (Phi) is 4.11. The number of carboxylic acids is 1. The molecule has 0 bridgehead atoms. The van der Waals surface area contributed by atoms with E-state index in [1.807, 2.05) is 19.9 Å². The molecule has 0 aromatic heterocycles. The Morgan fingerprint density at radius 1 is 1.31 bits per heavy atom. The van der Waals surface area contributed by atoms with Crippen molar-refractivity contribution in [2.24, 2.45) is 0 Å². The van der Waals surface area contributed by atoms with Gasteiger partial charge in [0.15, 0.2) is 0 Å². The summed E-state index contributed by atoms with van der Waals surface area (Å²) in [5.41, 5.74) is 1.99. The first-order valence-corrected chi connectivity index (χ1v) is 5.15. The van der Waals surface area contributed by atoms with Crippen LogP contribution in [0.25, 0.3) is 0 Å². The second-order valence-electron chi connectivity index (χ2n) is 4.04. The molecule has 0 radical (unpaired) electrons. The normalized spacial score (nSPS) is 11.9. The lowest BCUT2D eigenvalue weighted by molar-refractivity contribution is -0.137. The molecule has 0 unspecified atom stereocenters. The maximum Gasteiger partial charge on any atom is 0.304 e. The maximum absolute atomic E-state index is 10.8. The Labute approximate surface area is 95.0 Å². The lowest BCUT2D eigenvalue weighted by Gasteiger charge is -2.11. The van der Waals surface area contributed by atoms with Crippen molar-refractivity contribution in [1.82, 2.24) is 0 Å². The first kappa shape index (κ1) is 12.3. The minimum absolute atomic E-state index is 0.0654. The third-order valence-corrected chi connectivity index (χ3v) is 2.25. The molecule has 1 rings (SSSR count). The van der Waals surface area contributed by atoms with E-state index in [1.54, 1.807) is 24.3 Å². The summed E-state index contributed by atoms with van der Waals surface area (Å²) < 4.78 is 0. The van der Waals surface area contributed by atoms with E-state index in [0.717, 1.165) is 11.1 Å². The molecule has 0 amide bonds. The average molecular weight is 220 g/mol. The highest BCUT2D eigenvalue weighted by Gasteiger charge is 2.12. The number of carboxylic acid groups (broad SMARTS) is 1. The van der Waals surface area contributed by atoms with E-state index < -0.39 is 5.97 Å². The van der Waals surface area contributed by atoms with Crippen molar-refractivity contribution in [3.63, 3.8) is 0 Å². The minimum atomic E-state index is -0.824. The first-order chi connectivity index (χ1) is 7.49. The van der Waals surface area contributed by atoms with Gasteiger partial charge in [0, 0.05) is 5.92 Å². The number of allylic oxidation sites excluding steroid dienone is 2. The van der Waals surface area contributed by atoms with Gasteiger partial charge in [0.05, 0.1) is 6.42 Å². The highest BCUT2D eigenvalue weighted by atomic mass is 16.4. The largest absolute Gasteiger partial charge is 0.508 e. The molecule has 0 saturated carbocycles. The summed E-state index contributed by atoms with van der Waals surface area (Å²) in [6.07, 6.45) is 2.00. The second-order valence-corrected chi connectivity index (χ2v) is 4.04. The van der Waals surface area contributed by atoms with Crippen LogP contribution in [-0.2, 0) is 4.79 Å². The molecule has 3 heteroatoms. The van der Waals surface area contributed by atoms with Crippen LogP contribution in [0.1, 0.15) is 31.7 Å². The Morgan fingerprint density at radius 3 is 2.31 bits per heavy atom. The average Bonchev–Trinajstić information content (AvgIpc) is 2.16. The molecule has 0 fully saturated rings. The summed E-state index contributed by atoms with van der Waals surface area (Å²) in [6, 6.07) is 6.65. The molecule has 1 aromatic carbocycles. The molecule has 0 spiro atoms. The molecule has 0 saturated heterocycles. The van der Waals surface area contributed by atoms with Crippen molar-refractivity contribution >= 4 is 5.97 Å². The van der Waals surface area contributed by atoms with Crippen LogP contribution in [0.15, 0.2) is 35.9 Å². The number of phenols is 1. The lowest BCUT2D eigenvalue weighted by atomic mass is 9.94. The van der Waals surface area contributed by atoms with Crippen LogP contribution in [0, 0.1) is 0 Å². The summed E-state index contributed by atoms with van der Waals surface area (Å²) in [5, 5.41) is 18.0. The van der Waals surface area contributed by atoms with E-state index >= 15 is 0 Å². The Balaban J connectivity index is 2.96. The molecule has 2 N–H and O–H groups in total. The number of hydrogen-bond acceptors (Lipinski definition) is 2. The van der Waals surface area contributed by atoms with Gasteiger partial charge in [-0.1, -0.05) is 23.8 Å². The number of phenolic OH excluding ortho intramolecular Hbond substituents is 1. The summed E-state index contributed by atoms with van der Waals surface area (Å²) in [7, 11) is 0. The number of hydrogen-bond donors (Lipinski definition) is 2. The third kappa shape index (κ3) is 3.77. The Hall–Kier alpha value is -1.77. The van der Waals surface area contributed by atoms with E-state index in [-0.39, 0.29) is 18.1 Å². The van der Waals surface area contributed by atoms with E-state index in [2.05, 4.69) is 0 Å². The van der Waals surface area contributed by atoms with E-state index in [0.29, 0.717) is 0 Å². The van der Waals surface area contributed by atoms with Crippen molar-refractivity contribution in [2.45, 2.75) is 26.2 Å². The molecular weight excluding hydrogens is 204 g/mol. The quantitative estimate of drug-likeness (QED) is 0.767. The Bertz CT molecular complexity index is 386. The highest BCUT2D eigenvalue weighted by Crippen LogP contribution is 2.24. The number of carbonyl (C=O) groups is 1. The predicted molar refractivity (Wildman–Crippen MR) is 62.5 cm³/mol. The fourth-order valence-electron chi connectivity index (χ4n) is 1.59. The smallest absolute Gasteiger partial charge is 0.304 e. The first-order valence-electron chi connectivity index (χ1n) is 5.15. The zero-order valence-corrected chi connectivity index (χ0v) is 9.47. The van der Waals surface area contributed by atoms with Gasteiger partial charge in [-0.25, -0.2) is 0 Å². The molecule has 86 valence electrons. The topological polar surface area (TPSA) is 57.5 Å². The predicted octanol–water partition coefficient (Wildman–Crippen LogP) is 2.92. The van der Waals surface area contributed by atoms with Gasteiger partial charge in [0.25, 0.3) is 0 Å². The third-order valence-electron chi connectivity index (χ3n) is 2.25. The summed E-state index contributed by atoms with van der Waals surface area (Å²) in [5.74, 6) is -0.770. The molecule has 0 aliphatic rings. The molecule has 3 nitrogen and oxygen atoms in total. The molecule has 0 heterocycles. The number of aliphatic carboxylic acids is 1. The standard InChI is InChI=1S/C13H16O3/c1-9(2)7-11(8-13(15)16)10-3-5-12(14)6-4-10/h3-7,11,14H,8H2,1-2H3,(H,15,16)/t11-/m0/s1. The molecule has 16 heavy (non-hydrogen) atoms. The number of aromatic hydroxyl groups is 1. The van der Waals surface area contributed by atoms with E-state index in [4.69, 9.17) is 5.11 Å². The minimum Gasteiger partial charge on any atom is -0.508 e. The van der Waals surface area contributed by atoms with Crippen molar-refractivity contribution in [3.05, 3.63) is 41.5 Å². The van der Waals surface area contributed by atoms with Crippen LogP contribution in [0.5, 0.6) is 5.75 Å². The van der Waals surface area contributed by atoms with Gasteiger partial charge in [-0.05, 0) is 31.5 Å². The van der Waals surface area contributed by atoms with Crippen LogP contribution < -0.4 is 0 Å². The van der Waals surface area contributed by atoms with Gasteiger partial charge >= 0.3 is 5.97 Å². The van der Waals surface area contributed by atoms with E-state index in [1.165, 1.54) is 0 Å². The van der Waals surface area contributed by atoms with Gasteiger partial charge in [-0.3, -0.25) is 4.79 Å². The van der Waals surface area contributed by atoms with Gasteiger partial charge in [-0.2, -0.15) is 0 Å². The van der Waals surface area contributed by atoms with Gasteiger partial charge in [0.2, 0.25) is 0 Å². The summed E-state index contributed by atoms with van der Waals surface area (Å²) in [4.78, 5) is 10.8. The summed E-state index contributed by atoms with van der Waals surface area (Å²) >= 11 is 0. The molecule has 1 aromatic rings. The van der Waals surface area contributed by atoms with Crippen LogP contribution in [0.4, 0.5) is 0 Å². The van der Waals surface area contributed by atoms with Crippen LogP contribution in [-0.4, -0.2) is 16.2 Å². The van der Waals surface area contributed by atoms with Crippen LogP contribution in [0.3, 0.4) is 0 Å². The fraction of sp³-hybridized carbons (Fsp3) is 0.308. The second kappa shape index (κ2) is 5.35. The van der Waals surface area contributed by atoms with Crippen molar-refractivity contribution < 1.29 is 15.0 Å². The van der Waals surface area contributed by atoms with Gasteiger partial charge in [0.1, 0.15) is 5.75 Å². The van der Waals surface area contributed by atoms with Gasteiger partial charge in [-0.15, -0.1) is 0 Å². The zero-order chi connectivity index (χ0) is 12.1. The molecule has 0 aliphatic carbocycles. The number of benzene rings is 1. The summed E-state index contributed by atoms with van der Waals surface area (Å²) in [6.45, 7) is 3.88. The highest BCUT2D eigenvalue weighted by molar-refractivity contribution is 5.68. The maximum atomic E-state index is 10.8. The Morgan fingerprint density at radius 2 is 1.88 bits per heavy atom. The van der Waals surface area contributed by atoms with Crippen LogP contribution in [0.2, 0.25) is 0 Å². The van der Waals surface area contributed by atoms with Gasteiger partial charge < -0.3 is 10.2 Å². The van der Waals surface area contributed by atoms with E-state index in [9.17, 15) is 9.90 Å². The lowest BCUT2D eigenvalue weighted by Crippen LogP contribution is -2.04. The SMILES string of the molecule is CC(C)=C[C@@H](CC(=O)O)c1ccc(O)cc1. The van der Waals surface area contributed by atoms with Crippen LogP contribution >= 0.6 is 0 Å². The molecule has 0 aliphatic heterocycles. The fourth-order valence-corrected chi connectivity index (χ4v) is 1.59. The molecule has 1 atom stereocenters. The monoisotopic (exact) mass is 220 g/mol. The zero-order valence-electron chi connectivity index (χ0n) is 9.47. The van der Waals surface area contributed by atoms with Crippen molar-refractivity contribution in [2.75, 3.05) is 0 Å². The van der Waals surface area contributed by atoms with Crippen molar-refractivity contribution in [3.8, 4) is 5.75 Å².